The van der Waals surface area contributed by atoms with Gasteiger partial charge >= 0.3 is 0 Å². The Morgan fingerprint density at radius 1 is 1.14 bits per heavy atom. The fourth-order valence-corrected chi connectivity index (χ4v) is 5.51. The average Bonchev–Trinajstić information content (AvgIpc) is 2.92. The summed E-state index contributed by atoms with van der Waals surface area (Å²) >= 11 is 1.77. The Morgan fingerprint density at radius 3 is 2.62 bits per heavy atom. The van der Waals surface area contributed by atoms with Crippen LogP contribution < -0.4 is 0 Å². The first-order chi connectivity index (χ1) is 10.2. The van der Waals surface area contributed by atoms with Gasteiger partial charge in [-0.25, -0.2) is 0 Å². The first kappa shape index (κ1) is 15.4. The van der Waals surface area contributed by atoms with Crippen molar-refractivity contribution in [2.24, 2.45) is 0 Å². The minimum absolute atomic E-state index is 0.241. The largest absolute Gasteiger partial charge is 0.468 e. The lowest BCUT2D eigenvalue weighted by molar-refractivity contribution is 0.0702. The number of nitrogens with zero attached hydrogens (tertiary/aromatic N) is 2. The quantitative estimate of drug-likeness (QED) is 0.836. The van der Waals surface area contributed by atoms with E-state index in [1.807, 2.05) is 12.1 Å². The molecule has 6 nitrogen and oxygen atoms in total. The SMILES string of the molecule is O=S(=O)(N1CCOCC1)N1CCS[C@H](c2ccco2)CC1. The monoisotopic (exact) mass is 332 g/mol. The molecule has 0 bridgehead atoms. The molecule has 0 N–H and O–H groups in total. The van der Waals surface area contributed by atoms with Gasteiger partial charge in [-0.15, -0.1) is 11.8 Å². The van der Waals surface area contributed by atoms with Crippen molar-refractivity contribution < 1.29 is 17.6 Å². The van der Waals surface area contributed by atoms with Crippen molar-refractivity contribution in [2.75, 3.05) is 45.1 Å². The van der Waals surface area contributed by atoms with Crippen molar-refractivity contribution in [1.82, 2.24) is 8.61 Å². The van der Waals surface area contributed by atoms with E-state index in [-0.39, 0.29) is 5.25 Å². The Hall–Kier alpha value is -0.540. The Labute approximate surface area is 129 Å². The Bertz CT molecular complexity index is 541. The van der Waals surface area contributed by atoms with Crippen molar-refractivity contribution in [1.29, 1.82) is 0 Å². The van der Waals surface area contributed by atoms with Crippen LogP contribution in [0.3, 0.4) is 0 Å². The van der Waals surface area contributed by atoms with Gasteiger partial charge in [-0.2, -0.15) is 17.0 Å². The highest BCUT2D eigenvalue weighted by Gasteiger charge is 2.33. The molecular weight excluding hydrogens is 312 g/mol. The Morgan fingerprint density at radius 2 is 1.90 bits per heavy atom. The van der Waals surface area contributed by atoms with E-state index in [0.29, 0.717) is 39.4 Å². The molecule has 8 heteroatoms. The molecule has 118 valence electrons. The van der Waals surface area contributed by atoms with Gasteiger partial charge in [0.15, 0.2) is 0 Å². The molecule has 2 fully saturated rings. The molecule has 2 aliphatic heterocycles. The fraction of sp³-hybridized carbons (Fsp3) is 0.692. The van der Waals surface area contributed by atoms with Crippen LogP contribution in [0.1, 0.15) is 17.4 Å². The number of hydrogen-bond acceptors (Lipinski definition) is 5. The third-order valence-electron chi connectivity index (χ3n) is 3.78. The van der Waals surface area contributed by atoms with Gasteiger partial charge in [-0.3, -0.25) is 0 Å². The van der Waals surface area contributed by atoms with E-state index in [4.69, 9.17) is 9.15 Å². The van der Waals surface area contributed by atoms with Crippen LogP contribution in [0.25, 0.3) is 0 Å². The van der Waals surface area contributed by atoms with Gasteiger partial charge in [0.05, 0.1) is 24.7 Å². The molecule has 0 unspecified atom stereocenters. The maximum Gasteiger partial charge on any atom is 0.282 e. The smallest absolute Gasteiger partial charge is 0.282 e. The first-order valence-electron chi connectivity index (χ1n) is 7.16. The first-order valence-corrected chi connectivity index (χ1v) is 9.60. The third-order valence-corrected chi connectivity index (χ3v) is 7.11. The van der Waals surface area contributed by atoms with Crippen molar-refractivity contribution in [3.63, 3.8) is 0 Å². The van der Waals surface area contributed by atoms with Crippen molar-refractivity contribution in [3.8, 4) is 0 Å². The van der Waals surface area contributed by atoms with Crippen LogP contribution in [-0.4, -0.2) is 62.2 Å². The molecule has 0 spiro atoms. The van der Waals surface area contributed by atoms with E-state index in [0.717, 1.165) is 17.9 Å². The average molecular weight is 332 g/mol. The van der Waals surface area contributed by atoms with Gasteiger partial charge in [0, 0.05) is 31.9 Å². The summed E-state index contributed by atoms with van der Waals surface area (Å²) in [6.07, 6.45) is 2.45. The van der Waals surface area contributed by atoms with E-state index in [1.165, 1.54) is 4.31 Å². The summed E-state index contributed by atoms with van der Waals surface area (Å²) in [5.41, 5.74) is 0. The zero-order valence-electron chi connectivity index (χ0n) is 11.8. The highest BCUT2D eigenvalue weighted by Crippen LogP contribution is 2.35. The predicted molar refractivity (Wildman–Crippen MR) is 81.4 cm³/mol. The number of morpholine rings is 1. The molecule has 0 radical (unpaired) electrons. The molecule has 0 aromatic carbocycles. The van der Waals surface area contributed by atoms with Gasteiger partial charge in [0.1, 0.15) is 5.76 Å². The Balaban J connectivity index is 1.66. The maximum absolute atomic E-state index is 12.7. The second-order valence-electron chi connectivity index (χ2n) is 5.08. The number of furan rings is 1. The summed E-state index contributed by atoms with van der Waals surface area (Å²) in [6.45, 7) is 2.97. The molecule has 0 amide bonds. The molecule has 1 aromatic heterocycles. The van der Waals surface area contributed by atoms with Crippen LogP contribution in [0, 0.1) is 0 Å². The zero-order valence-corrected chi connectivity index (χ0v) is 13.4. The molecule has 1 atom stereocenters. The highest BCUT2D eigenvalue weighted by molar-refractivity contribution is 7.99. The second-order valence-corrected chi connectivity index (χ2v) is 8.32. The molecule has 3 heterocycles. The van der Waals surface area contributed by atoms with Crippen molar-refractivity contribution in [2.45, 2.75) is 11.7 Å². The van der Waals surface area contributed by atoms with Gasteiger partial charge < -0.3 is 9.15 Å². The lowest BCUT2D eigenvalue weighted by atomic mass is 10.2. The van der Waals surface area contributed by atoms with Crippen LogP contribution in [-0.2, 0) is 14.9 Å². The minimum atomic E-state index is -3.36. The molecular formula is C13H20N2O4S2. The molecule has 2 saturated heterocycles. The molecule has 21 heavy (non-hydrogen) atoms. The highest BCUT2D eigenvalue weighted by atomic mass is 32.2. The maximum atomic E-state index is 12.7. The lowest BCUT2D eigenvalue weighted by Gasteiger charge is -2.31. The van der Waals surface area contributed by atoms with Gasteiger partial charge in [0.25, 0.3) is 10.2 Å². The van der Waals surface area contributed by atoms with Crippen LogP contribution in [0.4, 0.5) is 0 Å². The molecule has 0 saturated carbocycles. The van der Waals surface area contributed by atoms with Crippen LogP contribution in [0.5, 0.6) is 0 Å². The molecule has 0 aliphatic carbocycles. The molecule has 3 rings (SSSR count). The van der Waals surface area contributed by atoms with Crippen LogP contribution in [0.2, 0.25) is 0 Å². The predicted octanol–water partition coefficient (Wildman–Crippen LogP) is 1.34. The minimum Gasteiger partial charge on any atom is -0.468 e. The fourth-order valence-electron chi connectivity index (χ4n) is 2.62. The van der Waals surface area contributed by atoms with Gasteiger partial charge in [0.2, 0.25) is 0 Å². The number of ether oxygens (including phenoxy) is 1. The summed E-state index contributed by atoms with van der Waals surface area (Å²) in [4.78, 5) is 0. The van der Waals surface area contributed by atoms with E-state index in [9.17, 15) is 8.42 Å². The summed E-state index contributed by atoms with van der Waals surface area (Å²) in [7, 11) is -3.36. The third kappa shape index (κ3) is 3.45. The van der Waals surface area contributed by atoms with Crippen molar-refractivity contribution >= 4 is 22.0 Å². The topological polar surface area (TPSA) is 63.0 Å². The zero-order chi connectivity index (χ0) is 14.7. The van der Waals surface area contributed by atoms with Gasteiger partial charge in [-0.1, -0.05) is 0 Å². The van der Waals surface area contributed by atoms with E-state index in [1.54, 1.807) is 22.3 Å². The van der Waals surface area contributed by atoms with E-state index in [2.05, 4.69) is 0 Å². The number of thioether (sulfide) groups is 1. The Kier molecular flexibility index (Phi) is 4.90. The van der Waals surface area contributed by atoms with Crippen LogP contribution >= 0.6 is 11.8 Å². The summed E-state index contributed by atoms with van der Waals surface area (Å²) in [5, 5.41) is 0.241. The van der Waals surface area contributed by atoms with E-state index >= 15 is 0 Å². The normalized spacial score (nSPS) is 26.6. The standard InChI is InChI=1S/C13H20N2O4S2/c16-21(17,15-5-9-18-10-6-15)14-4-3-13(20-11-7-14)12-2-1-8-19-12/h1-2,8,13H,3-7,9-11H2/t13-/m0/s1. The molecule has 1 aromatic rings. The summed E-state index contributed by atoms with van der Waals surface area (Å²) in [5.74, 6) is 1.72. The number of hydrogen-bond donors (Lipinski definition) is 0. The van der Waals surface area contributed by atoms with Crippen LogP contribution in [0.15, 0.2) is 22.8 Å². The van der Waals surface area contributed by atoms with Gasteiger partial charge in [-0.05, 0) is 18.6 Å². The summed E-state index contributed by atoms with van der Waals surface area (Å²) < 4.78 is 39.1. The number of rotatable bonds is 3. The summed E-state index contributed by atoms with van der Waals surface area (Å²) in [6, 6.07) is 3.84. The van der Waals surface area contributed by atoms with E-state index < -0.39 is 10.2 Å². The van der Waals surface area contributed by atoms with Crippen molar-refractivity contribution in [3.05, 3.63) is 24.2 Å². The molecule has 2 aliphatic rings. The lowest BCUT2D eigenvalue weighted by Crippen LogP contribution is -2.49. The second kappa shape index (κ2) is 6.70.